The maximum absolute atomic E-state index is 12.2. The molecule has 0 bridgehead atoms. The van der Waals surface area contributed by atoms with Crippen molar-refractivity contribution < 1.29 is 15.0 Å². The molecule has 122 valence electrons. The number of hydrogen-bond acceptors (Lipinski definition) is 5. The number of nitrogens with zero attached hydrogens (tertiary/aromatic N) is 1. The van der Waals surface area contributed by atoms with Crippen LogP contribution < -0.4 is 5.43 Å². The predicted octanol–water partition coefficient (Wildman–Crippen LogP) is 4.04. The Morgan fingerprint density at radius 2 is 2.00 bits per heavy atom. The van der Waals surface area contributed by atoms with Gasteiger partial charge in [-0.1, -0.05) is 23.7 Å². The fraction of sp³-hybridized carbons (Fsp3) is 0.0588. The van der Waals surface area contributed by atoms with Gasteiger partial charge in [-0.05, 0) is 42.3 Å². The summed E-state index contributed by atoms with van der Waals surface area (Å²) in [6.07, 6.45) is 1.36. The Balaban J connectivity index is 1.78. The third-order valence-electron chi connectivity index (χ3n) is 3.37. The highest BCUT2D eigenvalue weighted by molar-refractivity contribution is 7.21. The van der Waals surface area contributed by atoms with Crippen molar-refractivity contribution in [1.82, 2.24) is 5.43 Å². The topological polar surface area (TPSA) is 81.9 Å². The quantitative estimate of drug-likeness (QED) is 0.374. The van der Waals surface area contributed by atoms with Gasteiger partial charge in [-0.3, -0.25) is 4.79 Å². The molecule has 7 heteroatoms. The van der Waals surface area contributed by atoms with Crippen LogP contribution in [-0.2, 0) is 0 Å². The number of phenolic OH excluding ortho intramolecular Hbond substituents is 2. The van der Waals surface area contributed by atoms with Crippen LogP contribution in [0.25, 0.3) is 10.1 Å². The summed E-state index contributed by atoms with van der Waals surface area (Å²) in [6, 6.07) is 10.0. The molecule has 1 amide bonds. The fourth-order valence-corrected chi connectivity index (χ4v) is 3.66. The third kappa shape index (κ3) is 3.20. The number of amides is 1. The number of rotatable bonds is 3. The lowest BCUT2D eigenvalue weighted by Crippen LogP contribution is -2.16. The van der Waals surface area contributed by atoms with E-state index in [1.54, 1.807) is 6.07 Å². The molecule has 0 aliphatic heterocycles. The Kier molecular flexibility index (Phi) is 4.42. The second-order valence-corrected chi connectivity index (χ2v) is 6.62. The van der Waals surface area contributed by atoms with Gasteiger partial charge in [0.1, 0.15) is 4.88 Å². The van der Waals surface area contributed by atoms with Gasteiger partial charge in [0.2, 0.25) is 0 Å². The van der Waals surface area contributed by atoms with E-state index in [1.807, 2.05) is 25.1 Å². The molecule has 0 atom stereocenters. The Labute approximate surface area is 146 Å². The molecule has 24 heavy (non-hydrogen) atoms. The molecule has 5 nitrogen and oxygen atoms in total. The van der Waals surface area contributed by atoms with Crippen LogP contribution in [0.2, 0.25) is 5.02 Å². The lowest BCUT2D eigenvalue weighted by Gasteiger charge is -1.99. The number of fused-ring (bicyclic) bond motifs is 1. The molecule has 0 aliphatic carbocycles. The fourth-order valence-electron chi connectivity index (χ4n) is 2.16. The van der Waals surface area contributed by atoms with E-state index in [1.165, 1.54) is 29.7 Å². The van der Waals surface area contributed by atoms with E-state index in [0.29, 0.717) is 15.5 Å². The Morgan fingerprint density at radius 3 is 2.75 bits per heavy atom. The zero-order valence-corrected chi connectivity index (χ0v) is 14.1. The number of aryl methyl sites for hydroxylation is 1. The number of nitrogens with one attached hydrogen (secondary N) is 1. The molecule has 1 aromatic heterocycles. The van der Waals surface area contributed by atoms with E-state index < -0.39 is 5.91 Å². The van der Waals surface area contributed by atoms with Crippen molar-refractivity contribution in [3.8, 4) is 11.5 Å². The zero-order valence-electron chi connectivity index (χ0n) is 12.6. The van der Waals surface area contributed by atoms with E-state index in [0.717, 1.165) is 15.6 Å². The zero-order chi connectivity index (χ0) is 17.3. The molecule has 1 heterocycles. The highest BCUT2D eigenvalue weighted by Crippen LogP contribution is 2.35. The van der Waals surface area contributed by atoms with Crippen molar-refractivity contribution in [1.29, 1.82) is 0 Å². The summed E-state index contributed by atoms with van der Waals surface area (Å²) in [4.78, 5) is 12.6. The normalized spacial score (nSPS) is 11.2. The van der Waals surface area contributed by atoms with Gasteiger partial charge in [0, 0.05) is 10.1 Å². The van der Waals surface area contributed by atoms with Crippen molar-refractivity contribution in [2.75, 3.05) is 0 Å². The van der Waals surface area contributed by atoms with Crippen molar-refractivity contribution in [3.05, 3.63) is 57.4 Å². The molecule has 2 aromatic carbocycles. The van der Waals surface area contributed by atoms with Crippen LogP contribution >= 0.6 is 22.9 Å². The highest BCUT2D eigenvalue weighted by atomic mass is 35.5. The summed E-state index contributed by atoms with van der Waals surface area (Å²) >= 11 is 7.58. The number of hydrogen-bond donors (Lipinski definition) is 3. The summed E-state index contributed by atoms with van der Waals surface area (Å²) in [5, 5.41) is 23.8. The maximum atomic E-state index is 12.2. The number of thiophene rings is 1. The number of hydrazone groups is 1. The largest absolute Gasteiger partial charge is 0.504 e. The summed E-state index contributed by atoms with van der Waals surface area (Å²) in [6.45, 7) is 1.98. The number of carbonyl (C=O) groups is 1. The summed E-state index contributed by atoms with van der Waals surface area (Å²) in [5.74, 6) is -0.880. The van der Waals surface area contributed by atoms with E-state index in [2.05, 4.69) is 10.5 Å². The van der Waals surface area contributed by atoms with Crippen molar-refractivity contribution in [3.63, 3.8) is 0 Å². The molecule has 0 unspecified atom stereocenters. The van der Waals surface area contributed by atoms with Crippen molar-refractivity contribution >= 4 is 45.1 Å². The first-order chi connectivity index (χ1) is 11.5. The van der Waals surface area contributed by atoms with Crippen LogP contribution in [0.1, 0.15) is 20.8 Å². The first kappa shape index (κ1) is 16.3. The molecule has 0 spiro atoms. The maximum Gasteiger partial charge on any atom is 0.283 e. The average Bonchev–Trinajstić information content (AvgIpc) is 2.87. The van der Waals surface area contributed by atoms with Gasteiger partial charge in [-0.15, -0.1) is 11.3 Å². The summed E-state index contributed by atoms with van der Waals surface area (Å²) < 4.78 is 0.942. The predicted molar refractivity (Wildman–Crippen MR) is 96.4 cm³/mol. The smallest absolute Gasteiger partial charge is 0.283 e. The Bertz CT molecular complexity index is 966. The molecule has 0 saturated carbocycles. The van der Waals surface area contributed by atoms with E-state index in [9.17, 15) is 15.0 Å². The van der Waals surface area contributed by atoms with Gasteiger partial charge in [0.25, 0.3) is 5.91 Å². The van der Waals surface area contributed by atoms with Crippen LogP contribution in [0, 0.1) is 6.92 Å². The molecular formula is C17H13ClN2O3S. The first-order valence-corrected chi connectivity index (χ1v) is 8.19. The minimum absolute atomic E-state index is 0.219. The van der Waals surface area contributed by atoms with Crippen LogP contribution in [0.5, 0.6) is 11.5 Å². The molecule has 0 saturated heterocycles. The standard InChI is InChI=1S/C17H13ClN2O3S/c1-9-2-4-11-14(6-9)24-16(15(11)18)17(23)20-19-8-10-3-5-12(21)13(22)7-10/h2-8,21-22H,1H3,(H,20,23)/b19-8+. The third-order valence-corrected chi connectivity index (χ3v) is 5.03. The number of aromatic hydroxyl groups is 2. The SMILES string of the molecule is Cc1ccc2c(Cl)c(C(=O)N/N=C/c3ccc(O)c(O)c3)sc2c1. The van der Waals surface area contributed by atoms with Crippen LogP contribution in [0.3, 0.4) is 0 Å². The van der Waals surface area contributed by atoms with Crippen molar-refractivity contribution in [2.45, 2.75) is 6.92 Å². The summed E-state index contributed by atoms with van der Waals surface area (Å²) in [5.41, 5.74) is 4.04. The minimum atomic E-state index is -0.405. The van der Waals surface area contributed by atoms with Gasteiger partial charge >= 0.3 is 0 Å². The molecule has 0 aliphatic rings. The monoisotopic (exact) mass is 360 g/mol. The summed E-state index contributed by atoms with van der Waals surface area (Å²) in [7, 11) is 0. The molecule has 3 N–H and O–H groups in total. The molecule has 3 aromatic rings. The van der Waals surface area contributed by atoms with Gasteiger partial charge in [-0.25, -0.2) is 5.43 Å². The van der Waals surface area contributed by atoms with Crippen LogP contribution in [-0.4, -0.2) is 22.3 Å². The lowest BCUT2D eigenvalue weighted by molar-refractivity contribution is 0.0959. The number of carbonyl (C=O) groups excluding carboxylic acids is 1. The number of halogens is 1. The van der Waals surface area contributed by atoms with E-state index in [-0.39, 0.29) is 11.5 Å². The minimum Gasteiger partial charge on any atom is -0.504 e. The average molecular weight is 361 g/mol. The number of benzene rings is 2. The molecular weight excluding hydrogens is 348 g/mol. The highest BCUT2D eigenvalue weighted by Gasteiger charge is 2.16. The van der Waals surface area contributed by atoms with Gasteiger partial charge in [0.05, 0.1) is 11.2 Å². The second-order valence-electron chi connectivity index (χ2n) is 5.19. The second kappa shape index (κ2) is 6.51. The van der Waals surface area contributed by atoms with Gasteiger partial charge in [-0.2, -0.15) is 5.10 Å². The van der Waals surface area contributed by atoms with Crippen LogP contribution in [0.4, 0.5) is 0 Å². The lowest BCUT2D eigenvalue weighted by atomic mass is 10.2. The first-order valence-electron chi connectivity index (χ1n) is 7.00. The van der Waals surface area contributed by atoms with Crippen molar-refractivity contribution in [2.24, 2.45) is 5.10 Å². The molecule has 0 radical (unpaired) electrons. The van der Waals surface area contributed by atoms with E-state index >= 15 is 0 Å². The van der Waals surface area contributed by atoms with Gasteiger partial charge in [0.15, 0.2) is 11.5 Å². The van der Waals surface area contributed by atoms with Gasteiger partial charge < -0.3 is 10.2 Å². The molecule has 3 rings (SSSR count). The molecule has 0 fully saturated rings. The number of phenols is 2. The Morgan fingerprint density at radius 1 is 1.21 bits per heavy atom. The van der Waals surface area contributed by atoms with E-state index in [4.69, 9.17) is 11.6 Å². The van der Waals surface area contributed by atoms with Crippen LogP contribution in [0.15, 0.2) is 41.5 Å². The Hall–Kier alpha value is -2.57.